The Balaban J connectivity index is 2.31. The van der Waals surface area contributed by atoms with Gasteiger partial charge in [-0.1, -0.05) is 33.6 Å². The molecule has 0 aromatic heterocycles. The van der Waals surface area contributed by atoms with Crippen LogP contribution < -0.4 is 5.32 Å². The number of anilines is 1. The Bertz CT molecular complexity index is 647. The normalized spacial score (nSPS) is 11.8. The number of benzene rings is 2. The highest BCUT2D eigenvalue weighted by molar-refractivity contribution is 9.10. The predicted octanol–water partition coefficient (Wildman–Crippen LogP) is 5.19. The third-order valence-corrected chi connectivity index (χ3v) is 4.63. The van der Waals surface area contributed by atoms with Crippen LogP contribution in [0.2, 0.25) is 5.02 Å². The summed E-state index contributed by atoms with van der Waals surface area (Å²) in [5, 5.41) is 3.69. The van der Waals surface area contributed by atoms with Crippen molar-refractivity contribution >= 4 is 55.1 Å². The largest absolute Gasteiger partial charge is 0.467 e. The van der Waals surface area contributed by atoms with Crippen molar-refractivity contribution in [3.8, 4) is 0 Å². The second-order valence-electron chi connectivity index (χ2n) is 4.28. The molecule has 0 bridgehead atoms. The van der Waals surface area contributed by atoms with Gasteiger partial charge in [0.05, 0.1) is 12.1 Å². The zero-order valence-corrected chi connectivity index (χ0v) is 15.0. The highest BCUT2D eigenvalue weighted by atomic mass is 79.9. The van der Waals surface area contributed by atoms with E-state index in [1.165, 1.54) is 7.11 Å². The fourth-order valence-corrected chi connectivity index (χ4v) is 2.50. The van der Waals surface area contributed by atoms with Crippen LogP contribution in [0, 0.1) is 0 Å². The molecule has 0 aliphatic carbocycles. The van der Waals surface area contributed by atoms with Crippen LogP contribution in [0.25, 0.3) is 0 Å². The molecule has 3 nitrogen and oxygen atoms in total. The number of halogens is 3. The number of ether oxygens (including phenoxy) is 1. The molecule has 0 aliphatic heterocycles. The fourth-order valence-electron chi connectivity index (χ4n) is 1.80. The van der Waals surface area contributed by atoms with Gasteiger partial charge in [0.2, 0.25) is 0 Å². The third-order valence-electron chi connectivity index (χ3n) is 2.87. The summed E-state index contributed by atoms with van der Waals surface area (Å²) in [6.07, 6.45) is 0. The molecule has 0 spiro atoms. The summed E-state index contributed by atoms with van der Waals surface area (Å²) in [4.78, 5) is 12.0. The van der Waals surface area contributed by atoms with Gasteiger partial charge < -0.3 is 10.1 Å². The molecule has 2 aromatic rings. The van der Waals surface area contributed by atoms with Crippen molar-refractivity contribution in [2.45, 2.75) is 6.04 Å². The first-order valence-electron chi connectivity index (χ1n) is 6.06. The molecule has 1 atom stereocenters. The second-order valence-corrected chi connectivity index (χ2v) is 6.46. The van der Waals surface area contributed by atoms with Crippen molar-refractivity contribution < 1.29 is 9.53 Å². The van der Waals surface area contributed by atoms with Crippen molar-refractivity contribution in [3.63, 3.8) is 0 Å². The van der Waals surface area contributed by atoms with Gasteiger partial charge in [0.25, 0.3) is 0 Å². The van der Waals surface area contributed by atoms with Gasteiger partial charge in [-0.3, -0.25) is 0 Å². The molecular weight excluding hydrogens is 421 g/mol. The molecule has 0 heterocycles. The van der Waals surface area contributed by atoms with E-state index >= 15 is 0 Å². The maximum Gasteiger partial charge on any atom is 0.332 e. The minimum Gasteiger partial charge on any atom is -0.467 e. The van der Waals surface area contributed by atoms with Crippen LogP contribution in [0.4, 0.5) is 5.69 Å². The summed E-state index contributed by atoms with van der Waals surface area (Å²) in [7, 11) is 1.36. The molecule has 21 heavy (non-hydrogen) atoms. The topological polar surface area (TPSA) is 38.3 Å². The molecule has 1 unspecified atom stereocenters. The second kappa shape index (κ2) is 7.29. The quantitative estimate of drug-likeness (QED) is 0.675. The average molecular weight is 434 g/mol. The lowest BCUT2D eigenvalue weighted by molar-refractivity contribution is -0.141. The average Bonchev–Trinajstić information content (AvgIpc) is 2.49. The van der Waals surface area contributed by atoms with Crippen LogP contribution in [0.1, 0.15) is 11.6 Å². The first-order valence-corrected chi connectivity index (χ1v) is 8.02. The minimum atomic E-state index is -0.623. The van der Waals surface area contributed by atoms with E-state index in [0.29, 0.717) is 5.02 Å². The molecule has 0 fully saturated rings. The van der Waals surface area contributed by atoms with Crippen LogP contribution in [-0.2, 0) is 9.53 Å². The van der Waals surface area contributed by atoms with Crippen LogP contribution in [0.3, 0.4) is 0 Å². The first-order chi connectivity index (χ1) is 10.0. The van der Waals surface area contributed by atoms with Crippen molar-refractivity contribution in [1.29, 1.82) is 0 Å². The Hall–Kier alpha value is -1.04. The Morgan fingerprint density at radius 1 is 1.19 bits per heavy atom. The molecule has 2 aromatic carbocycles. The number of rotatable bonds is 4. The molecule has 0 saturated heterocycles. The van der Waals surface area contributed by atoms with Crippen molar-refractivity contribution in [2.75, 3.05) is 12.4 Å². The van der Waals surface area contributed by atoms with Gasteiger partial charge in [-0.15, -0.1) is 0 Å². The number of nitrogens with one attached hydrogen (secondary N) is 1. The number of esters is 1. The maximum atomic E-state index is 12.0. The van der Waals surface area contributed by atoms with E-state index in [-0.39, 0.29) is 5.97 Å². The summed E-state index contributed by atoms with van der Waals surface area (Å²) in [5.74, 6) is -0.378. The Morgan fingerprint density at radius 3 is 2.43 bits per heavy atom. The molecule has 0 amide bonds. The van der Waals surface area contributed by atoms with E-state index < -0.39 is 6.04 Å². The van der Waals surface area contributed by atoms with Crippen molar-refractivity contribution in [2.24, 2.45) is 0 Å². The van der Waals surface area contributed by atoms with E-state index in [1.54, 1.807) is 12.1 Å². The fraction of sp³-hybridized carbons (Fsp3) is 0.133. The summed E-state index contributed by atoms with van der Waals surface area (Å²) >= 11 is 12.8. The molecular formula is C15H12Br2ClNO2. The standard InChI is InChI=1S/C15H12Br2ClNO2/c1-21-15(20)14(9-2-7-12(17)13(18)8-9)19-11-5-3-10(16)4-6-11/h2-8,14,19H,1H3. The molecule has 1 N–H and O–H groups in total. The summed E-state index contributed by atoms with van der Waals surface area (Å²) < 4.78 is 6.61. The smallest absolute Gasteiger partial charge is 0.332 e. The summed E-state index contributed by atoms with van der Waals surface area (Å²) in [6.45, 7) is 0. The Labute approximate surface area is 144 Å². The SMILES string of the molecule is COC(=O)C(Nc1ccc(Br)cc1)c1ccc(Br)c(Cl)c1. The van der Waals surface area contributed by atoms with Gasteiger partial charge in [0.1, 0.15) is 0 Å². The molecule has 0 saturated carbocycles. The molecule has 110 valence electrons. The van der Waals surface area contributed by atoms with Gasteiger partial charge in [-0.2, -0.15) is 0 Å². The highest BCUT2D eigenvalue weighted by Crippen LogP contribution is 2.28. The summed E-state index contributed by atoms with van der Waals surface area (Å²) in [6, 6.07) is 12.3. The lowest BCUT2D eigenvalue weighted by Crippen LogP contribution is -2.22. The molecule has 2 rings (SSSR count). The van der Waals surface area contributed by atoms with Crippen LogP contribution in [0.5, 0.6) is 0 Å². The van der Waals surface area contributed by atoms with E-state index in [0.717, 1.165) is 20.2 Å². The number of hydrogen-bond donors (Lipinski definition) is 1. The molecule has 6 heteroatoms. The van der Waals surface area contributed by atoms with E-state index in [4.69, 9.17) is 16.3 Å². The number of hydrogen-bond acceptors (Lipinski definition) is 3. The van der Waals surface area contributed by atoms with Gasteiger partial charge in [-0.25, -0.2) is 4.79 Å². The zero-order valence-electron chi connectivity index (χ0n) is 11.1. The Kier molecular flexibility index (Phi) is 5.67. The van der Waals surface area contributed by atoms with Crippen molar-refractivity contribution in [1.82, 2.24) is 0 Å². The van der Waals surface area contributed by atoms with Crippen LogP contribution in [-0.4, -0.2) is 13.1 Å². The molecule has 0 radical (unpaired) electrons. The summed E-state index contributed by atoms with van der Waals surface area (Å²) in [5.41, 5.74) is 1.55. The number of carbonyl (C=O) groups excluding carboxylic acids is 1. The molecule has 0 aliphatic rings. The van der Waals surface area contributed by atoms with Crippen LogP contribution in [0.15, 0.2) is 51.4 Å². The third kappa shape index (κ3) is 4.22. The van der Waals surface area contributed by atoms with E-state index in [9.17, 15) is 4.79 Å². The zero-order chi connectivity index (χ0) is 15.4. The van der Waals surface area contributed by atoms with Crippen molar-refractivity contribution in [3.05, 3.63) is 62.0 Å². The first kappa shape index (κ1) is 16.3. The number of carbonyl (C=O) groups is 1. The van der Waals surface area contributed by atoms with Gasteiger partial charge in [0, 0.05) is 14.6 Å². The van der Waals surface area contributed by atoms with Gasteiger partial charge in [0.15, 0.2) is 6.04 Å². The predicted molar refractivity (Wildman–Crippen MR) is 91.7 cm³/mol. The van der Waals surface area contributed by atoms with Crippen LogP contribution >= 0.6 is 43.5 Å². The van der Waals surface area contributed by atoms with E-state index in [1.807, 2.05) is 30.3 Å². The Morgan fingerprint density at radius 2 is 1.86 bits per heavy atom. The highest BCUT2D eigenvalue weighted by Gasteiger charge is 2.22. The number of methoxy groups -OCH3 is 1. The monoisotopic (exact) mass is 431 g/mol. The van der Waals surface area contributed by atoms with E-state index in [2.05, 4.69) is 37.2 Å². The lowest BCUT2D eigenvalue weighted by atomic mass is 10.1. The lowest BCUT2D eigenvalue weighted by Gasteiger charge is -2.18. The van der Waals surface area contributed by atoms with Gasteiger partial charge >= 0.3 is 5.97 Å². The maximum absolute atomic E-state index is 12.0. The van der Waals surface area contributed by atoms with Gasteiger partial charge in [-0.05, 0) is 57.9 Å². The minimum absolute atomic E-state index is 0.378.